The molecule has 2 nitrogen and oxygen atoms in total. The van der Waals surface area contributed by atoms with Crippen LogP contribution < -0.4 is 9.64 Å². The fourth-order valence-corrected chi connectivity index (χ4v) is 2.18. The maximum Gasteiger partial charge on any atom is 0.120 e. The average molecular weight is 191 g/mol. The standard InChI is InChI=1S/C12H17NO/c1-4-10-7-9-5-6-11(14-3)8-12(9)13(10)2/h5-6,8,10H,4,7H2,1-3H3. The molecule has 14 heavy (non-hydrogen) atoms. The van der Waals surface area contributed by atoms with Crippen LogP contribution in [0.1, 0.15) is 18.9 Å². The number of hydrogen-bond acceptors (Lipinski definition) is 2. The number of benzene rings is 1. The number of methoxy groups -OCH3 is 1. The van der Waals surface area contributed by atoms with Crippen molar-refractivity contribution in [1.82, 2.24) is 0 Å². The van der Waals surface area contributed by atoms with E-state index in [1.807, 2.05) is 6.07 Å². The number of rotatable bonds is 2. The molecule has 0 fully saturated rings. The SMILES string of the molecule is CCC1Cc2ccc(OC)cc2N1C. The second-order valence-corrected chi connectivity index (χ2v) is 3.87. The van der Waals surface area contributed by atoms with Crippen LogP contribution in [0.2, 0.25) is 0 Å². The summed E-state index contributed by atoms with van der Waals surface area (Å²) in [5, 5.41) is 0. The molecule has 1 atom stereocenters. The Hall–Kier alpha value is -1.18. The summed E-state index contributed by atoms with van der Waals surface area (Å²) >= 11 is 0. The first-order valence-electron chi connectivity index (χ1n) is 5.16. The molecule has 0 aromatic heterocycles. The Balaban J connectivity index is 2.35. The molecule has 0 radical (unpaired) electrons. The van der Waals surface area contributed by atoms with Crippen LogP contribution in [0, 0.1) is 0 Å². The molecule has 0 spiro atoms. The van der Waals surface area contributed by atoms with Crippen molar-refractivity contribution in [2.75, 3.05) is 19.1 Å². The molecule has 76 valence electrons. The topological polar surface area (TPSA) is 12.5 Å². The fourth-order valence-electron chi connectivity index (χ4n) is 2.18. The summed E-state index contributed by atoms with van der Waals surface area (Å²) in [6.45, 7) is 2.24. The molecule has 1 aliphatic heterocycles. The number of likely N-dealkylation sites (N-methyl/N-ethyl adjacent to an activating group) is 1. The summed E-state index contributed by atoms with van der Waals surface area (Å²) in [5.74, 6) is 0.951. The second kappa shape index (κ2) is 3.52. The Morgan fingerprint density at radius 3 is 2.93 bits per heavy atom. The van der Waals surface area contributed by atoms with E-state index >= 15 is 0 Å². The largest absolute Gasteiger partial charge is 0.497 e. The van der Waals surface area contributed by atoms with E-state index in [0.29, 0.717) is 6.04 Å². The lowest BCUT2D eigenvalue weighted by Crippen LogP contribution is -2.26. The maximum atomic E-state index is 5.23. The highest BCUT2D eigenvalue weighted by molar-refractivity contribution is 5.61. The summed E-state index contributed by atoms with van der Waals surface area (Å²) in [5.41, 5.74) is 2.77. The van der Waals surface area contributed by atoms with Gasteiger partial charge in [-0.05, 0) is 24.5 Å². The van der Waals surface area contributed by atoms with Gasteiger partial charge >= 0.3 is 0 Å². The lowest BCUT2D eigenvalue weighted by Gasteiger charge is -2.21. The number of fused-ring (bicyclic) bond motifs is 1. The first kappa shape index (κ1) is 9.38. The summed E-state index contributed by atoms with van der Waals surface area (Å²) in [7, 11) is 3.88. The van der Waals surface area contributed by atoms with E-state index in [2.05, 4.69) is 31.0 Å². The second-order valence-electron chi connectivity index (χ2n) is 3.87. The molecule has 2 heteroatoms. The molecule has 1 unspecified atom stereocenters. The van der Waals surface area contributed by atoms with Gasteiger partial charge in [0.15, 0.2) is 0 Å². The van der Waals surface area contributed by atoms with E-state index in [0.717, 1.165) is 5.75 Å². The van der Waals surface area contributed by atoms with Gasteiger partial charge in [0.2, 0.25) is 0 Å². The van der Waals surface area contributed by atoms with Gasteiger partial charge in [0.25, 0.3) is 0 Å². The summed E-state index contributed by atoms with van der Waals surface area (Å²) < 4.78 is 5.23. The van der Waals surface area contributed by atoms with Crippen LogP contribution in [0.25, 0.3) is 0 Å². The van der Waals surface area contributed by atoms with Crippen molar-refractivity contribution in [2.45, 2.75) is 25.8 Å². The number of hydrogen-bond donors (Lipinski definition) is 0. The Labute approximate surface area is 85.5 Å². The van der Waals surface area contributed by atoms with Gasteiger partial charge in [0.1, 0.15) is 5.75 Å². The molecule has 1 heterocycles. The van der Waals surface area contributed by atoms with Crippen molar-refractivity contribution < 1.29 is 4.74 Å². The smallest absolute Gasteiger partial charge is 0.120 e. The fraction of sp³-hybridized carbons (Fsp3) is 0.500. The van der Waals surface area contributed by atoms with Gasteiger partial charge in [0.05, 0.1) is 7.11 Å². The van der Waals surface area contributed by atoms with Crippen LogP contribution in [0.4, 0.5) is 5.69 Å². The van der Waals surface area contributed by atoms with E-state index in [9.17, 15) is 0 Å². The van der Waals surface area contributed by atoms with Gasteiger partial charge in [-0.15, -0.1) is 0 Å². The third-order valence-corrected chi connectivity index (χ3v) is 3.15. The van der Waals surface area contributed by atoms with Gasteiger partial charge in [-0.25, -0.2) is 0 Å². The Morgan fingerprint density at radius 1 is 1.50 bits per heavy atom. The summed E-state index contributed by atoms with van der Waals surface area (Å²) in [6, 6.07) is 7.02. The third-order valence-electron chi connectivity index (χ3n) is 3.15. The zero-order valence-corrected chi connectivity index (χ0v) is 9.08. The minimum Gasteiger partial charge on any atom is -0.497 e. The van der Waals surface area contributed by atoms with Crippen LogP contribution in [-0.2, 0) is 6.42 Å². The highest BCUT2D eigenvalue weighted by Crippen LogP contribution is 2.34. The van der Waals surface area contributed by atoms with Crippen molar-refractivity contribution in [1.29, 1.82) is 0 Å². The Kier molecular flexibility index (Phi) is 2.36. The molecule has 0 bridgehead atoms. The molecular formula is C12H17NO. The van der Waals surface area contributed by atoms with Crippen molar-refractivity contribution in [3.8, 4) is 5.75 Å². The Morgan fingerprint density at radius 2 is 2.29 bits per heavy atom. The van der Waals surface area contributed by atoms with Gasteiger partial charge in [-0.1, -0.05) is 13.0 Å². The lowest BCUT2D eigenvalue weighted by atomic mass is 10.1. The first-order chi connectivity index (χ1) is 6.76. The van der Waals surface area contributed by atoms with Gasteiger partial charge in [-0.3, -0.25) is 0 Å². The van der Waals surface area contributed by atoms with E-state index in [1.165, 1.54) is 24.1 Å². The van der Waals surface area contributed by atoms with Gasteiger partial charge in [0, 0.05) is 24.8 Å². The minimum atomic E-state index is 0.664. The minimum absolute atomic E-state index is 0.664. The lowest BCUT2D eigenvalue weighted by molar-refractivity contribution is 0.415. The molecule has 1 aromatic carbocycles. The van der Waals surface area contributed by atoms with E-state index < -0.39 is 0 Å². The monoisotopic (exact) mass is 191 g/mol. The molecule has 0 amide bonds. The normalized spacial score (nSPS) is 19.6. The average Bonchev–Trinajstić information content (AvgIpc) is 2.55. The van der Waals surface area contributed by atoms with Gasteiger partial charge in [-0.2, -0.15) is 0 Å². The van der Waals surface area contributed by atoms with Crippen molar-refractivity contribution in [2.24, 2.45) is 0 Å². The van der Waals surface area contributed by atoms with Gasteiger partial charge < -0.3 is 9.64 Å². The zero-order chi connectivity index (χ0) is 10.1. The summed E-state index contributed by atoms with van der Waals surface area (Å²) in [4.78, 5) is 2.36. The molecule has 1 aliphatic rings. The van der Waals surface area contributed by atoms with Crippen LogP contribution in [0.5, 0.6) is 5.75 Å². The number of ether oxygens (including phenoxy) is 1. The molecular weight excluding hydrogens is 174 g/mol. The van der Waals surface area contributed by atoms with Crippen LogP contribution in [-0.4, -0.2) is 20.2 Å². The zero-order valence-electron chi connectivity index (χ0n) is 9.08. The highest BCUT2D eigenvalue weighted by atomic mass is 16.5. The number of anilines is 1. The maximum absolute atomic E-state index is 5.23. The predicted molar refractivity (Wildman–Crippen MR) is 59.2 cm³/mol. The molecule has 0 aliphatic carbocycles. The van der Waals surface area contributed by atoms with Crippen molar-refractivity contribution in [3.63, 3.8) is 0 Å². The Bertz CT molecular complexity index is 335. The first-order valence-corrected chi connectivity index (χ1v) is 5.16. The molecule has 1 aromatic rings. The predicted octanol–water partition coefficient (Wildman–Crippen LogP) is 2.47. The van der Waals surface area contributed by atoms with Crippen molar-refractivity contribution in [3.05, 3.63) is 23.8 Å². The van der Waals surface area contributed by atoms with E-state index in [4.69, 9.17) is 4.74 Å². The third kappa shape index (κ3) is 1.35. The van der Waals surface area contributed by atoms with E-state index in [1.54, 1.807) is 7.11 Å². The van der Waals surface area contributed by atoms with Crippen LogP contribution in [0.15, 0.2) is 18.2 Å². The molecule has 2 rings (SSSR count). The van der Waals surface area contributed by atoms with Crippen molar-refractivity contribution >= 4 is 5.69 Å². The quantitative estimate of drug-likeness (QED) is 0.712. The summed E-state index contributed by atoms with van der Waals surface area (Å²) in [6.07, 6.45) is 2.37. The molecule has 0 saturated heterocycles. The highest BCUT2D eigenvalue weighted by Gasteiger charge is 2.24. The number of nitrogens with zero attached hydrogens (tertiary/aromatic N) is 1. The van der Waals surface area contributed by atoms with E-state index in [-0.39, 0.29) is 0 Å². The van der Waals surface area contributed by atoms with Crippen LogP contribution >= 0.6 is 0 Å². The molecule has 0 saturated carbocycles. The molecule has 0 N–H and O–H groups in total. The van der Waals surface area contributed by atoms with Crippen LogP contribution in [0.3, 0.4) is 0 Å².